The Balaban J connectivity index is 1.02. The molecule has 0 unspecified atom stereocenters. The van der Waals surface area contributed by atoms with Gasteiger partial charge in [0.05, 0.1) is 5.52 Å². The molecule has 248 valence electrons. The van der Waals surface area contributed by atoms with Gasteiger partial charge in [0.15, 0.2) is 0 Å². The molecule has 0 aliphatic rings. The van der Waals surface area contributed by atoms with E-state index in [2.05, 4.69) is 160 Å². The van der Waals surface area contributed by atoms with Gasteiger partial charge >= 0.3 is 0 Å². The van der Waals surface area contributed by atoms with Crippen LogP contribution in [0.5, 0.6) is 0 Å². The van der Waals surface area contributed by atoms with Gasteiger partial charge in [0.2, 0.25) is 5.71 Å². The van der Waals surface area contributed by atoms with Crippen LogP contribution >= 0.6 is 0 Å². The fourth-order valence-electron chi connectivity index (χ4n) is 7.68. The summed E-state index contributed by atoms with van der Waals surface area (Å²) >= 11 is 0. The molecular formula is C48H29N3O2. The highest BCUT2D eigenvalue weighted by atomic mass is 16.3. The van der Waals surface area contributed by atoms with Gasteiger partial charge in [-0.25, -0.2) is 4.98 Å². The molecule has 0 bridgehead atoms. The summed E-state index contributed by atoms with van der Waals surface area (Å²) in [4.78, 5) is 11.3. The number of furan rings is 2. The van der Waals surface area contributed by atoms with Gasteiger partial charge in [0, 0.05) is 62.5 Å². The van der Waals surface area contributed by atoms with Gasteiger partial charge in [-0.15, -0.1) is 0 Å². The zero-order valence-corrected chi connectivity index (χ0v) is 28.4. The van der Waals surface area contributed by atoms with Gasteiger partial charge in [-0.2, -0.15) is 0 Å². The Morgan fingerprint density at radius 2 is 1.00 bits per heavy atom. The van der Waals surface area contributed by atoms with E-state index in [-0.39, 0.29) is 0 Å². The van der Waals surface area contributed by atoms with Gasteiger partial charge in [0.25, 0.3) is 0 Å². The van der Waals surface area contributed by atoms with Crippen molar-refractivity contribution in [3.63, 3.8) is 0 Å². The number of pyridine rings is 2. The summed E-state index contributed by atoms with van der Waals surface area (Å²) in [5.41, 5.74) is 11.8. The van der Waals surface area contributed by atoms with Crippen LogP contribution in [-0.2, 0) is 0 Å². The van der Waals surface area contributed by atoms with Crippen molar-refractivity contribution < 1.29 is 8.83 Å². The molecule has 0 atom stereocenters. The number of benzene rings is 7. The predicted octanol–water partition coefficient (Wildman–Crippen LogP) is 13.4. The van der Waals surface area contributed by atoms with E-state index in [0.717, 1.165) is 77.4 Å². The second kappa shape index (κ2) is 11.7. The molecule has 0 amide bonds. The van der Waals surface area contributed by atoms with Crippen LogP contribution in [0.1, 0.15) is 0 Å². The van der Waals surface area contributed by atoms with E-state index < -0.39 is 0 Å². The summed E-state index contributed by atoms with van der Waals surface area (Å²) in [6.07, 6.45) is 3.59. The third kappa shape index (κ3) is 4.94. The first kappa shape index (κ1) is 29.5. The first-order chi connectivity index (χ1) is 26.2. The molecule has 0 fully saturated rings. The summed E-state index contributed by atoms with van der Waals surface area (Å²) in [5, 5.41) is 7.74. The second-order valence-electron chi connectivity index (χ2n) is 13.5. The molecule has 0 aliphatic carbocycles. The molecule has 0 spiro atoms. The molecule has 4 heterocycles. The Kier molecular flexibility index (Phi) is 6.48. The molecule has 0 N–H and O–H groups in total. The minimum atomic E-state index is 0.656. The average molecular weight is 680 g/mol. The molecule has 11 rings (SSSR count). The number of fused-ring (bicyclic) bond motifs is 8. The van der Waals surface area contributed by atoms with Crippen LogP contribution in [0.2, 0.25) is 0 Å². The zero-order chi connectivity index (χ0) is 34.9. The summed E-state index contributed by atoms with van der Waals surface area (Å²) in [6.45, 7) is 0. The minimum absolute atomic E-state index is 0.656. The zero-order valence-electron chi connectivity index (χ0n) is 28.4. The number of anilines is 3. The van der Waals surface area contributed by atoms with E-state index in [9.17, 15) is 0 Å². The molecule has 5 heteroatoms. The molecule has 7 aromatic carbocycles. The fourth-order valence-corrected chi connectivity index (χ4v) is 7.68. The highest BCUT2D eigenvalue weighted by Crippen LogP contribution is 2.41. The molecular weight excluding hydrogens is 651 g/mol. The van der Waals surface area contributed by atoms with Gasteiger partial charge < -0.3 is 13.7 Å². The Morgan fingerprint density at radius 3 is 1.83 bits per heavy atom. The molecule has 0 saturated heterocycles. The van der Waals surface area contributed by atoms with E-state index in [0.29, 0.717) is 5.71 Å². The lowest BCUT2D eigenvalue weighted by Crippen LogP contribution is -2.09. The number of nitrogens with zero attached hydrogens (tertiary/aromatic N) is 3. The summed E-state index contributed by atoms with van der Waals surface area (Å²) in [6, 6.07) is 57.7. The van der Waals surface area contributed by atoms with Crippen LogP contribution in [0.3, 0.4) is 0 Å². The molecule has 4 aromatic heterocycles. The van der Waals surface area contributed by atoms with Gasteiger partial charge in [-0.1, -0.05) is 72.8 Å². The summed E-state index contributed by atoms with van der Waals surface area (Å²) < 4.78 is 12.5. The summed E-state index contributed by atoms with van der Waals surface area (Å²) in [5.74, 6) is 0. The van der Waals surface area contributed by atoms with E-state index >= 15 is 0 Å². The van der Waals surface area contributed by atoms with Crippen LogP contribution < -0.4 is 4.90 Å². The average Bonchev–Trinajstić information content (AvgIpc) is 3.77. The first-order valence-electron chi connectivity index (χ1n) is 17.7. The lowest BCUT2D eigenvalue weighted by Gasteiger charge is -2.26. The molecule has 0 radical (unpaired) electrons. The van der Waals surface area contributed by atoms with Gasteiger partial charge in [-0.3, -0.25) is 4.98 Å². The lowest BCUT2D eigenvalue weighted by atomic mass is 10.0. The highest BCUT2D eigenvalue weighted by Gasteiger charge is 2.17. The second-order valence-corrected chi connectivity index (χ2v) is 13.5. The van der Waals surface area contributed by atoms with Gasteiger partial charge in [0.1, 0.15) is 16.7 Å². The number of aromatic nitrogens is 2. The normalized spacial score (nSPS) is 11.8. The number of rotatable bonds is 5. The Morgan fingerprint density at radius 1 is 0.358 bits per heavy atom. The van der Waals surface area contributed by atoms with Crippen molar-refractivity contribution in [2.45, 2.75) is 0 Å². The molecule has 5 nitrogen and oxygen atoms in total. The fraction of sp³-hybridized carbons (Fsp3) is 0. The van der Waals surface area contributed by atoms with E-state index in [1.54, 1.807) is 6.20 Å². The van der Waals surface area contributed by atoms with Gasteiger partial charge in [-0.05, 0) is 118 Å². The summed E-state index contributed by atoms with van der Waals surface area (Å²) in [7, 11) is 0. The van der Waals surface area contributed by atoms with E-state index in [1.807, 2.05) is 24.4 Å². The largest absolute Gasteiger partial charge is 0.456 e. The smallest absolute Gasteiger partial charge is 0.227 e. The van der Waals surface area contributed by atoms with Crippen molar-refractivity contribution in [1.82, 2.24) is 9.97 Å². The van der Waals surface area contributed by atoms with Crippen molar-refractivity contribution in [3.05, 3.63) is 176 Å². The standard InChI is InChI=1S/C48H29N3O2/c1-2-6-33-25-34(10-9-30(33)5-1)31-11-16-37(17-12-31)51(39-20-21-40-43-29-44-36(7-3-23-49-44)27-46(43)52-47(40)28-39)38-18-13-32(14-19-38)35-15-22-45-42(26-35)41-8-4-24-50-48(41)53-45/h1-29H. The molecule has 53 heavy (non-hydrogen) atoms. The lowest BCUT2D eigenvalue weighted by molar-refractivity contribution is 0.654. The Labute approximate surface area is 304 Å². The third-order valence-corrected chi connectivity index (χ3v) is 10.4. The van der Waals surface area contributed by atoms with Crippen molar-refractivity contribution in [3.8, 4) is 22.3 Å². The van der Waals surface area contributed by atoms with Crippen molar-refractivity contribution >= 4 is 82.7 Å². The monoisotopic (exact) mass is 679 g/mol. The Bertz CT molecular complexity index is 3180. The molecule has 0 aliphatic heterocycles. The van der Waals surface area contributed by atoms with Crippen molar-refractivity contribution in [1.29, 1.82) is 0 Å². The Hall–Kier alpha value is -7.24. The van der Waals surface area contributed by atoms with Crippen LogP contribution in [0.25, 0.3) is 87.9 Å². The van der Waals surface area contributed by atoms with E-state index in [4.69, 9.17) is 8.83 Å². The quantitative estimate of drug-likeness (QED) is 0.181. The maximum atomic E-state index is 6.50. The topological polar surface area (TPSA) is 55.3 Å². The SMILES string of the molecule is c1ccc2cc(-c3ccc(N(c4ccc(-c5ccc6oc7ncccc7c6c5)cc4)c4ccc5c(c4)oc4cc6cccnc6cc45)cc3)ccc2c1. The van der Waals surface area contributed by atoms with Crippen LogP contribution in [0.15, 0.2) is 185 Å². The van der Waals surface area contributed by atoms with Crippen molar-refractivity contribution in [2.75, 3.05) is 4.90 Å². The number of hydrogen-bond acceptors (Lipinski definition) is 5. The van der Waals surface area contributed by atoms with Crippen LogP contribution in [0, 0.1) is 0 Å². The molecule has 0 saturated carbocycles. The van der Waals surface area contributed by atoms with Crippen LogP contribution in [0.4, 0.5) is 17.1 Å². The minimum Gasteiger partial charge on any atom is -0.456 e. The maximum Gasteiger partial charge on any atom is 0.227 e. The molecule has 11 aromatic rings. The highest BCUT2D eigenvalue weighted by molar-refractivity contribution is 6.10. The van der Waals surface area contributed by atoms with E-state index in [1.165, 1.54) is 21.9 Å². The third-order valence-electron chi connectivity index (χ3n) is 10.4. The van der Waals surface area contributed by atoms with Crippen molar-refractivity contribution in [2.24, 2.45) is 0 Å². The van der Waals surface area contributed by atoms with Crippen LogP contribution in [-0.4, -0.2) is 9.97 Å². The first-order valence-corrected chi connectivity index (χ1v) is 17.7. The number of hydrogen-bond donors (Lipinski definition) is 0. The maximum absolute atomic E-state index is 6.50. The predicted molar refractivity (Wildman–Crippen MR) is 217 cm³/mol.